The minimum atomic E-state index is -4.74. The highest BCUT2D eigenvalue weighted by Crippen LogP contribution is 2.51. The molecule has 2 aliphatic rings. The molecule has 0 aromatic carbocycles. The first-order chi connectivity index (χ1) is 8.53. The zero-order valence-electron chi connectivity index (χ0n) is 11.3. The van der Waals surface area contributed by atoms with Gasteiger partial charge in [0.25, 0.3) is 0 Å². The Hall–Kier alpha value is -0.370. The monoisotopic (exact) mass is 284 g/mol. The van der Waals surface area contributed by atoms with Gasteiger partial charge in [-0.25, -0.2) is 0 Å². The fourth-order valence-corrected chi connectivity index (χ4v) is 2.98. The number of hydrogen-bond acceptors (Lipinski definition) is 4. The lowest BCUT2D eigenvalue weighted by atomic mass is 9.80. The molecule has 0 aromatic rings. The maximum absolute atomic E-state index is 12.8. The van der Waals surface area contributed by atoms with Gasteiger partial charge in [0.05, 0.1) is 0 Å². The molecular formula is C12H19F3O4. The van der Waals surface area contributed by atoms with E-state index in [2.05, 4.69) is 0 Å². The highest BCUT2D eigenvalue weighted by Gasteiger charge is 2.66. The van der Waals surface area contributed by atoms with Crippen molar-refractivity contribution >= 4 is 0 Å². The smallest absolute Gasteiger partial charge is 0.381 e. The van der Waals surface area contributed by atoms with Crippen molar-refractivity contribution in [1.29, 1.82) is 0 Å². The molecule has 0 bridgehead atoms. The normalized spacial score (nSPS) is 43.3. The van der Waals surface area contributed by atoms with Crippen molar-refractivity contribution in [1.82, 2.24) is 0 Å². The van der Waals surface area contributed by atoms with Crippen LogP contribution < -0.4 is 0 Å². The van der Waals surface area contributed by atoms with E-state index in [1.165, 1.54) is 0 Å². The lowest BCUT2D eigenvalue weighted by Gasteiger charge is -2.38. The first kappa shape index (κ1) is 15.0. The Morgan fingerprint density at radius 1 is 1.21 bits per heavy atom. The largest absolute Gasteiger partial charge is 0.417 e. The second-order valence-electron chi connectivity index (χ2n) is 5.63. The molecule has 2 heterocycles. The third-order valence-corrected chi connectivity index (χ3v) is 4.01. The van der Waals surface area contributed by atoms with Crippen LogP contribution in [0, 0.1) is 5.92 Å². The highest BCUT2D eigenvalue weighted by atomic mass is 19.4. The number of fused-ring (bicyclic) bond motifs is 1. The van der Waals surface area contributed by atoms with E-state index in [1.54, 1.807) is 27.7 Å². The highest BCUT2D eigenvalue weighted by molar-refractivity contribution is 5.05. The summed E-state index contributed by atoms with van der Waals surface area (Å²) in [4.78, 5) is 0. The quantitative estimate of drug-likeness (QED) is 0.844. The fourth-order valence-electron chi connectivity index (χ4n) is 2.98. The molecule has 2 saturated heterocycles. The van der Waals surface area contributed by atoms with E-state index in [0.29, 0.717) is 0 Å². The van der Waals surface area contributed by atoms with Crippen LogP contribution in [0.4, 0.5) is 13.2 Å². The van der Waals surface area contributed by atoms with Crippen molar-refractivity contribution in [3.05, 3.63) is 0 Å². The molecule has 0 aliphatic carbocycles. The first-order valence-corrected chi connectivity index (χ1v) is 6.32. The van der Waals surface area contributed by atoms with Crippen molar-refractivity contribution in [2.45, 2.75) is 70.2 Å². The van der Waals surface area contributed by atoms with E-state index >= 15 is 0 Å². The summed E-state index contributed by atoms with van der Waals surface area (Å²) in [5, 5.41) is 9.63. The van der Waals surface area contributed by atoms with Crippen molar-refractivity contribution in [2.24, 2.45) is 5.92 Å². The second-order valence-corrected chi connectivity index (χ2v) is 5.63. The van der Waals surface area contributed by atoms with E-state index in [4.69, 9.17) is 14.2 Å². The number of rotatable bonds is 2. The maximum atomic E-state index is 12.8. The average molecular weight is 284 g/mol. The van der Waals surface area contributed by atoms with Gasteiger partial charge in [0.15, 0.2) is 18.2 Å². The Labute approximate surface area is 109 Å². The van der Waals surface area contributed by atoms with E-state index < -0.39 is 42.0 Å². The Morgan fingerprint density at radius 3 is 2.21 bits per heavy atom. The zero-order chi connectivity index (χ0) is 14.6. The lowest BCUT2D eigenvalue weighted by Crippen LogP contribution is -2.55. The standard InChI is InChI=1S/C12H19F3O4/c1-5-11(9(16)12(13,14)15)6(2)7-8(19-11)18-10(3,4)17-7/h6-9,16H,5H2,1-4H3/t6-,7+,8-,9?,11+/m0/s1. The molecule has 1 unspecified atom stereocenters. The van der Waals surface area contributed by atoms with Gasteiger partial charge in [0.1, 0.15) is 11.7 Å². The van der Waals surface area contributed by atoms with Gasteiger partial charge in [-0.1, -0.05) is 13.8 Å². The number of hydrogen-bond donors (Lipinski definition) is 1. The van der Waals surface area contributed by atoms with Gasteiger partial charge in [-0.3, -0.25) is 0 Å². The molecule has 19 heavy (non-hydrogen) atoms. The van der Waals surface area contributed by atoms with Crippen LogP contribution in [0.1, 0.15) is 34.1 Å². The summed E-state index contributed by atoms with van der Waals surface area (Å²) >= 11 is 0. The number of alkyl halides is 3. The van der Waals surface area contributed by atoms with Crippen molar-refractivity contribution in [3.63, 3.8) is 0 Å². The van der Waals surface area contributed by atoms with Gasteiger partial charge in [0.2, 0.25) is 0 Å². The van der Waals surface area contributed by atoms with Crippen LogP contribution in [0.2, 0.25) is 0 Å². The molecule has 0 saturated carbocycles. The zero-order valence-corrected chi connectivity index (χ0v) is 11.3. The summed E-state index contributed by atoms with van der Waals surface area (Å²) in [6, 6.07) is 0. The maximum Gasteiger partial charge on any atom is 0.417 e. The van der Waals surface area contributed by atoms with Crippen molar-refractivity contribution in [2.75, 3.05) is 0 Å². The third kappa shape index (κ3) is 2.26. The number of ether oxygens (including phenoxy) is 3. The molecule has 4 nitrogen and oxygen atoms in total. The molecule has 7 heteroatoms. The summed E-state index contributed by atoms with van der Waals surface area (Å²) in [5.41, 5.74) is -1.72. The predicted molar refractivity (Wildman–Crippen MR) is 59.2 cm³/mol. The molecule has 0 aromatic heterocycles. The van der Waals surface area contributed by atoms with Gasteiger partial charge in [0, 0.05) is 5.92 Å². The fraction of sp³-hybridized carbons (Fsp3) is 1.00. The van der Waals surface area contributed by atoms with Gasteiger partial charge in [-0.15, -0.1) is 0 Å². The number of halogens is 3. The van der Waals surface area contributed by atoms with Crippen LogP contribution in [-0.2, 0) is 14.2 Å². The van der Waals surface area contributed by atoms with Crippen LogP contribution in [0.15, 0.2) is 0 Å². The van der Waals surface area contributed by atoms with Crippen LogP contribution in [0.25, 0.3) is 0 Å². The SMILES string of the molecule is CC[C@@]1(C(O)C(F)(F)F)O[C@@H]2OC(C)(C)O[C@@H]2[C@@H]1C. The van der Waals surface area contributed by atoms with E-state index in [0.717, 1.165) is 0 Å². The Morgan fingerprint density at radius 2 is 1.79 bits per heavy atom. The molecule has 0 spiro atoms. The summed E-state index contributed by atoms with van der Waals surface area (Å²) in [7, 11) is 0. The first-order valence-electron chi connectivity index (χ1n) is 6.32. The van der Waals surface area contributed by atoms with Crippen molar-refractivity contribution in [3.8, 4) is 0 Å². The molecular weight excluding hydrogens is 265 g/mol. The Balaban J connectivity index is 2.27. The molecule has 1 N–H and O–H groups in total. The van der Waals surface area contributed by atoms with Crippen LogP contribution in [0.5, 0.6) is 0 Å². The minimum Gasteiger partial charge on any atom is -0.381 e. The van der Waals surface area contributed by atoms with Gasteiger partial charge in [-0.2, -0.15) is 13.2 Å². The molecule has 5 atom stereocenters. The molecule has 0 radical (unpaired) electrons. The number of aliphatic hydroxyl groups excluding tert-OH is 1. The second kappa shape index (κ2) is 4.31. The molecule has 2 aliphatic heterocycles. The van der Waals surface area contributed by atoms with Gasteiger partial charge >= 0.3 is 6.18 Å². The molecule has 112 valence electrons. The van der Waals surface area contributed by atoms with Crippen LogP contribution in [0.3, 0.4) is 0 Å². The van der Waals surface area contributed by atoms with Gasteiger partial charge < -0.3 is 19.3 Å². The van der Waals surface area contributed by atoms with Crippen LogP contribution >= 0.6 is 0 Å². The van der Waals surface area contributed by atoms with E-state index in [9.17, 15) is 18.3 Å². The minimum absolute atomic E-state index is 0.0228. The summed E-state index contributed by atoms with van der Waals surface area (Å²) < 4.78 is 54.9. The summed E-state index contributed by atoms with van der Waals surface area (Å²) in [6.45, 7) is 6.50. The van der Waals surface area contributed by atoms with Gasteiger partial charge in [-0.05, 0) is 20.3 Å². The Kier molecular flexibility index (Phi) is 3.41. The number of aliphatic hydroxyl groups is 1. The topological polar surface area (TPSA) is 47.9 Å². The third-order valence-electron chi connectivity index (χ3n) is 4.01. The summed E-state index contributed by atoms with van der Waals surface area (Å²) in [5.74, 6) is -1.51. The summed E-state index contributed by atoms with van der Waals surface area (Å²) in [6.07, 6.45) is -8.75. The average Bonchev–Trinajstić information content (AvgIpc) is 2.69. The van der Waals surface area contributed by atoms with Crippen molar-refractivity contribution < 1.29 is 32.5 Å². The molecule has 2 fully saturated rings. The molecule has 0 amide bonds. The molecule has 2 rings (SSSR count). The Bertz CT molecular complexity index is 357. The van der Waals surface area contributed by atoms with Crippen LogP contribution in [-0.4, -0.2) is 41.2 Å². The predicted octanol–water partition coefficient (Wildman–Crippen LogP) is 2.20. The lowest BCUT2D eigenvalue weighted by molar-refractivity contribution is -0.301. The van der Waals surface area contributed by atoms with E-state index in [1.807, 2.05) is 0 Å². The van der Waals surface area contributed by atoms with E-state index in [-0.39, 0.29) is 6.42 Å².